The number of benzene rings is 1. The standard InChI is InChI=1S/C12H15NO2S/c16-12-3-1-9(2-4-12)13(5-10-7-14-10)6-11-8-15-11/h1-4,10-11,16H,5-8H2. The van der Waals surface area contributed by atoms with Crippen LogP contribution < -0.4 is 4.90 Å². The van der Waals surface area contributed by atoms with Crippen molar-refractivity contribution >= 4 is 18.3 Å². The highest BCUT2D eigenvalue weighted by molar-refractivity contribution is 7.80. The molecule has 0 amide bonds. The summed E-state index contributed by atoms with van der Waals surface area (Å²) in [4.78, 5) is 3.33. The number of hydrogen-bond donors (Lipinski definition) is 1. The molecule has 2 heterocycles. The van der Waals surface area contributed by atoms with Gasteiger partial charge in [0.2, 0.25) is 0 Å². The van der Waals surface area contributed by atoms with Crippen molar-refractivity contribution in [2.75, 3.05) is 31.2 Å². The van der Waals surface area contributed by atoms with Gasteiger partial charge in [0.15, 0.2) is 0 Å². The van der Waals surface area contributed by atoms with E-state index in [4.69, 9.17) is 9.47 Å². The molecule has 0 spiro atoms. The van der Waals surface area contributed by atoms with Crippen molar-refractivity contribution in [2.45, 2.75) is 17.1 Å². The van der Waals surface area contributed by atoms with Gasteiger partial charge < -0.3 is 14.4 Å². The van der Waals surface area contributed by atoms with Crippen LogP contribution in [0.2, 0.25) is 0 Å². The molecule has 2 aliphatic rings. The third-order valence-corrected chi connectivity index (χ3v) is 3.17. The lowest BCUT2D eigenvalue weighted by Gasteiger charge is -2.23. The first-order valence-corrected chi connectivity index (χ1v) is 6.03. The van der Waals surface area contributed by atoms with Gasteiger partial charge in [0.25, 0.3) is 0 Å². The molecular weight excluding hydrogens is 222 g/mol. The Kier molecular flexibility index (Phi) is 2.79. The number of epoxide rings is 2. The smallest absolute Gasteiger partial charge is 0.0984 e. The average molecular weight is 237 g/mol. The fourth-order valence-corrected chi connectivity index (χ4v) is 1.94. The second-order valence-electron chi connectivity index (χ2n) is 4.33. The van der Waals surface area contributed by atoms with Crippen LogP contribution in [0, 0.1) is 0 Å². The molecule has 16 heavy (non-hydrogen) atoms. The van der Waals surface area contributed by atoms with E-state index >= 15 is 0 Å². The lowest BCUT2D eigenvalue weighted by Crippen LogP contribution is -2.31. The first-order valence-electron chi connectivity index (χ1n) is 5.58. The topological polar surface area (TPSA) is 28.3 Å². The van der Waals surface area contributed by atoms with E-state index in [2.05, 4.69) is 29.7 Å². The second kappa shape index (κ2) is 4.28. The van der Waals surface area contributed by atoms with Crippen LogP contribution in [-0.4, -0.2) is 38.5 Å². The molecule has 0 aromatic heterocycles. The summed E-state index contributed by atoms with van der Waals surface area (Å²) in [5, 5.41) is 0. The van der Waals surface area contributed by atoms with Gasteiger partial charge in [0.1, 0.15) is 0 Å². The molecule has 2 unspecified atom stereocenters. The molecule has 86 valence electrons. The van der Waals surface area contributed by atoms with E-state index in [1.54, 1.807) is 0 Å². The number of thiol groups is 1. The normalized spacial score (nSPS) is 26.6. The van der Waals surface area contributed by atoms with E-state index < -0.39 is 0 Å². The molecule has 0 bridgehead atoms. The zero-order valence-corrected chi connectivity index (χ0v) is 9.90. The van der Waals surface area contributed by atoms with Gasteiger partial charge in [-0.15, -0.1) is 12.6 Å². The molecule has 2 aliphatic heterocycles. The molecule has 0 radical (unpaired) electrons. The Hall–Kier alpha value is -0.710. The van der Waals surface area contributed by atoms with Gasteiger partial charge in [-0.1, -0.05) is 0 Å². The molecular formula is C12H15NO2S. The average Bonchev–Trinajstić information content (AvgIpc) is 3.12. The Morgan fingerprint density at radius 2 is 1.56 bits per heavy atom. The summed E-state index contributed by atoms with van der Waals surface area (Å²) >= 11 is 4.30. The molecule has 3 nitrogen and oxygen atoms in total. The third kappa shape index (κ3) is 2.70. The third-order valence-electron chi connectivity index (χ3n) is 2.87. The maximum Gasteiger partial charge on any atom is 0.0984 e. The van der Waals surface area contributed by atoms with Crippen LogP contribution in [0.1, 0.15) is 0 Å². The van der Waals surface area contributed by atoms with Gasteiger partial charge in [-0.2, -0.15) is 0 Å². The summed E-state index contributed by atoms with van der Waals surface area (Å²) in [5.74, 6) is 0. The van der Waals surface area contributed by atoms with Gasteiger partial charge in [-0.3, -0.25) is 0 Å². The lowest BCUT2D eigenvalue weighted by molar-refractivity contribution is 0.389. The number of anilines is 1. The number of nitrogens with zero attached hydrogens (tertiary/aromatic N) is 1. The van der Waals surface area contributed by atoms with Crippen molar-refractivity contribution in [1.82, 2.24) is 0 Å². The summed E-state index contributed by atoms with van der Waals surface area (Å²) in [6.07, 6.45) is 0.823. The van der Waals surface area contributed by atoms with Crippen LogP contribution in [0.5, 0.6) is 0 Å². The van der Waals surface area contributed by atoms with E-state index in [1.807, 2.05) is 12.1 Å². The van der Waals surface area contributed by atoms with Gasteiger partial charge in [-0.25, -0.2) is 0 Å². The van der Waals surface area contributed by atoms with Crippen LogP contribution in [0.4, 0.5) is 5.69 Å². The van der Waals surface area contributed by atoms with Crippen molar-refractivity contribution in [3.05, 3.63) is 24.3 Å². The maximum atomic E-state index is 5.29. The maximum absolute atomic E-state index is 5.29. The molecule has 2 fully saturated rings. The minimum atomic E-state index is 0.412. The molecule has 0 aliphatic carbocycles. The molecule has 4 heteroatoms. The summed E-state index contributed by atoms with van der Waals surface area (Å²) in [6, 6.07) is 8.25. The summed E-state index contributed by atoms with van der Waals surface area (Å²) in [6.45, 7) is 3.72. The van der Waals surface area contributed by atoms with Crippen LogP contribution in [0.3, 0.4) is 0 Å². The van der Waals surface area contributed by atoms with E-state index in [0.29, 0.717) is 12.2 Å². The summed E-state index contributed by atoms with van der Waals surface area (Å²) in [7, 11) is 0. The first kappa shape index (κ1) is 10.4. The summed E-state index contributed by atoms with van der Waals surface area (Å²) in [5.41, 5.74) is 1.23. The van der Waals surface area contributed by atoms with E-state index in [0.717, 1.165) is 31.2 Å². The number of ether oxygens (including phenoxy) is 2. The highest BCUT2D eigenvalue weighted by Gasteiger charge is 2.30. The molecule has 1 aromatic rings. The highest BCUT2D eigenvalue weighted by Crippen LogP contribution is 2.23. The van der Waals surface area contributed by atoms with Crippen molar-refractivity contribution in [1.29, 1.82) is 0 Å². The van der Waals surface area contributed by atoms with Crippen LogP contribution in [0.15, 0.2) is 29.2 Å². The monoisotopic (exact) mass is 237 g/mol. The lowest BCUT2D eigenvalue weighted by atomic mass is 10.2. The minimum absolute atomic E-state index is 0.412. The molecule has 1 aromatic carbocycles. The number of rotatable bonds is 5. The van der Waals surface area contributed by atoms with Crippen molar-refractivity contribution in [3.8, 4) is 0 Å². The van der Waals surface area contributed by atoms with Gasteiger partial charge in [-0.05, 0) is 24.3 Å². The fraction of sp³-hybridized carbons (Fsp3) is 0.500. The Labute approximate surface area is 101 Å². The van der Waals surface area contributed by atoms with Crippen molar-refractivity contribution < 1.29 is 9.47 Å². The summed E-state index contributed by atoms with van der Waals surface area (Å²) < 4.78 is 10.6. The van der Waals surface area contributed by atoms with Gasteiger partial charge in [0, 0.05) is 23.7 Å². The van der Waals surface area contributed by atoms with Crippen LogP contribution in [0.25, 0.3) is 0 Å². The largest absolute Gasteiger partial charge is 0.371 e. The SMILES string of the molecule is Sc1ccc(N(CC2CO2)CC2CO2)cc1. The molecule has 0 N–H and O–H groups in total. The molecule has 0 saturated carbocycles. The Morgan fingerprint density at radius 1 is 1.06 bits per heavy atom. The van der Waals surface area contributed by atoms with E-state index in [9.17, 15) is 0 Å². The zero-order chi connectivity index (χ0) is 11.0. The number of hydrogen-bond acceptors (Lipinski definition) is 4. The van der Waals surface area contributed by atoms with Gasteiger partial charge >= 0.3 is 0 Å². The Morgan fingerprint density at radius 3 is 2.00 bits per heavy atom. The Balaban J connectivity index is 1.71. The van der Waals surface area contributed by atoms with Crippen molar-refractivity contribution in [2.24, 2.45) is 0 Å². The predicted octanol–water partition coefficient (Wildman–Crippen LogP) is 1.58. The molecule has 2 atom stereocenters. The first-order chi connectivity index (χ1) is 7.81. The highest BCUT2D eigenvalue weighted by atomic mass is 32.1. The van der Waals surface area contributed by atoms with Crippen LogP contribution in [-0.2, 0) is 9.47 Å². The minimum Gasteiger partial charge on any atom is -0.371 e. The molecule has 3 rings (SSSR count). The van der Waals surface area contributed by atoms with Crippen LogP contribution >= 0.6 is 12.6 Å². The predicted molar refractivity (Wildman–Crippen MR) is 65.4 cm³/mol. The Bertz CT molecular complexity index is 346. The molecule has 2 saturated heterocycles. The quantitative estimate of drug-likeness (QED) is 0.622. The van der Waals surface area contributed by atoms with Gasteiger partial charge in [0.05, 0.1) is 25.4 Å². The van der Waals surface area contributed by atoms with E-state index in [-0.39, 0.29) is 0 Å². The zero-order valence-electron chi connectivity index (χ0n) is 9.00. The van der Waals surface area contributed by atoms with E-state index in [1.165, 1.54) is 5.69 Å². The van der Waals surface area contributed by atoms with Crippen molar-refractivity contribution in [3.63, 3.8) is 0 Å². The second-order valence-corrected chi connectivity index (χ2v) is 4.85. The fourth-order valence-electron chi connectivity index (χ4n) is 1.79.